The third-order valence-corrected chi connectivity index (χ3v) is 3.35. The van der Waals surface area contributed by atoms with Gasteiger partial charge in [-0.25, -0.2) is 0 Å². The lowest BCUT2D eigenvalue weighted by atomic mass is 9.86. The van der Waals surface area contributed by atoms with Gasteiger partial charge in [0, 0.05) is 0 Å². The molecule has 1 aliphatic carbocycles. The van der Waals surface area contributed by atoms with Gasteiger partial charge in [0.1, 0.15) is 0 Å². The van der Waals surface area contributed by atoms with Gasteiger partial charge in [-0.15, -0.1) is 0 Å². The van der Waals surface area contributed by atoms with Crippen LogP contribution < -0.4 is 5.73 Å². The molecule has 15 heavy (non-hydrogen) atoms. The van der Waals surface area contributed by atoms with E-state index in [9.17, 15) is 5.11 Å². The average Bonchev–Trinajstić information content (AvgIpc) is 3.02. The van der Waals surface area contributed by atoms with E-state index in [1.54, 1.807) is 0 Å². The molecule has 1 unspecified atom stereocenters. The first kappa shape index (κ1) is 10.7. The van der Waals surface area contributed by atoms with Crippen molar-refractivity contribution in [2.45, 2.75) is 31.8 Å². The zero-order valence-electron chi connectivity index (χ0n) is 9.24. The zero-order valence-corrected chi connectivity index (χ0v) is 9.24. The summed E-state index contributed by atoms with van der Waals surface area (Å²) in [5.74, 6) is 0.441. The molecule has 0 amide bonds. The van der Waals surface area contributed by atoms with E-state index in [2.05, 4.69) is 6.07 Å². The number of aliphatic hydroxyl groups is 1. The highest BCUT2D eigenvalue weighted by molar-refractivity contribution is 5.33. The van der Waals surface area contributed by atoms with Gasteiger partial charge in [0.05, 0.1) is 5.60 Å². The Bertz CT molecular complexity index is 342. The first-order chi connectivity index (χ1) is 7.16. The third kappa shape index (κ3) is 2.06. The summed E-state index contributed by atoms with van der Waals surface area (Å²) < 4.78 is 0. The summed E-state index contributed by atoms with van der Waals surface area (Å²) in [6.45, 7) is 2.57. The molecule has 3 N–H and O–H groups in total. The lowest BCUT2D eigenvalue weighted by molar-refractivity contribution is 0.0322. The lowest BCUT2D eigenvalue weighted by Crippen LogP contribution is -2.26. The van der Waals surface area contributed by atoms with Crippen LogP contribution in [-0.2, 0) is 12.0 Å². The fourth-order valence-electron chi connectivity index (χ4n) is 2.25. The van der Waals surface area contributed by atoms with Gasteiger partial charge in [0.25, 0.3) is 0 Å². The number of benzene rings is 1. The summed E-state index contributed by atoms with van der Waals surface area (Å²) in [5, 5.41) is 10.5. The van der Waals surface area contributed by atoms with Gasteiger partial charge in [-0.2, -0.15) is 0 Å². The Morgan fingerprint density at radius 1 is 1.40 bits per heavy atom. The van der Waals surface area contributed by atoms with E-state index in [1.807, 2.05) is 25.1 Å². The monoisotopic (exact) mass is 205 g/mol. The number of hydrogen-bond donors (Lipinski definition) is 2. The Morgan fingerprint density at radius 3 is 2.67 bits per heavy atom. The fourth-order valence-corrected chi connectivity index (χ4v) is 2.25. The molecule has 1 aliphatic rings. The molecule has 0 bridgehead atoms. The summed E-state index contributed by atoms with van der Waals surface area (Å²) in [6.07, 6.45) is 3.13. The molecule has 2 heteroatoms. The summed E-state index contributed by atoms with van der Waals surface area (Å²) in [5.41, 5.74) is 7.18. The Labute approximate surface area is 91.1 Å². The van der Waals surface area contributed by atoms with Crippen molar-refractivity contribution in [1.29, 1.82) is 0 Å². The second-order valence-electron chi connectivity index (χ2n) is 4.62. The molecule has 2 nitrogen and oxygen atoms in total. The van der Waals surface area contributed by atoms with Crippen molar-refractivity contribution < 1.29 is 5.11 Å². The minimum absolute atomic E-state index is 0.441. The second-order valence-corrected chi connectivity index (χ2v) is 4.62. The lowest BCUT2D eigenvalue weighted by Gasteiger charge is -2.26. The van der Waals surface area contributed by atoms with Crippen LogP contribution in [0, 0.1) is 5.92 Å². The summed E-state index contributed by atoms with van der Waals surface area (Å²) in [6, 6.07) is 8.10. The molecule has 1 aromatic rings. The molecule has 1 atom stereocenters. The molecule has 0 heterocycles. The third-order valence-electron chi connectivity index (χ3n) is 3.35. The molecule has 1 saturated carbocycles. The van der Waals surface area contributed by atoms with Gasteiger partial charge >= 0.3 is 0 Å². The molecule has 0 aliphatic heterocycles. The van der Waals surface area contributed by atoms with Crippen molar-refractivity contribution in [2.75, 3.05) is 6.54 Å². The summed E-state index contributed by atoms with van der Waals surface area (Å²) in [4.78, 5) is 0. The van der Waals surface area contributed by atoms with Crippen molar-refractivity contribution in [2.24, 2.45) is 11.7 Å². The maximum absolute atomic E-state index is 10.5. The molecule has 2 rings (SSSR count). The van der Waals surface area contributed by atoms with Crippen LogP contribution in [-0.4, -0.2) is 11.7 Å². The van der Waals surface area contributed by atoms with Gasteiger partial charge in [-0.3, -0.25) is 0 Å². The first-order valence-electron chi connectivity index (χ1n) is 5.67. The van der Waals surface area contributed by atoms with Crippen molar-refractivity contribution >= 4 is 0 Å². The highest BCUT2D eigenvalue weighted by atomic mass is 16.3. The average molecular weight is 205 g/mol. The van der Waals surface area contributed by atoms with Crippen molar-refractivity contribution in [3.05, 3.63) is 35.4 Å². The molecule has 0 aromatic heterocycles. The van der Waals surface area contributed by atoms with Crippen LogP contribution in [0.5, 0.6) is 0 Å². The van der Waals surface area contributed by atoms with E-state index >= 15 is 0 Å². The Morgan fingerprint density at radius 2 is 2.07 bits per heavy atom. The van der Waals surface area contributed by atoms with E-state index in [0.29, 0.717) is 12.5 Å². The smallest absolute Gasteiger partial charge is 0.0899 e. The van der Waals surface area contributed by atoms with Gasteiger partial charge in [-0.05, 0) is 49.8 Å². The summed E-state index contributed by atoms with van der Waals surface area (Å²) in [7, 11) is 0. The minimum Gasteiger partial charge on any atom is -0.385 e. The van der Waals surface area contributed by atoms with Crippen molar-refractivity contribution in [1.82, 2.24) is 0 Å². The first-order valence-corrected chi connectivity index (χ1v) is 5.67. The highest BCUT2D eigenvalue weighted by Crippen LogP contribution is 2.46. The number of rotatable bonds is 4. The Balaban J connectivity index is 2.32. The summed E-state index contributed by atoms with van der Waals surface area (Å²) >= 11 is 0. The van der Waals surface area contributed by atoms with Crippen LogP contribution in [0.4, 0.5) is 0 Å². The van der Waals surface area contributed by atoms with Crippen molar-refractivity contribution in [3.8, 4) is 0 Å². The molecule has 0 radical (unpaired) electrons. The SMILES string of the molecule is CC(O)(c1ccccc1CCN)C1CC1. The van der Waals surface area contributed by atoms with E-state index in [4.69, 9.17) is 5.73 Å². The molecule has 1 aromatic carbocycles. The van der Waals surface area contributed by atoms with E-state index in [0.717, 1.165) is 24.8 Å². The number of nitrogens with two attached hydrogens (primary N) is 1. The molecule has 0 spiro atoms. The van der Waals surface area contributed by atoms with Gasteiger partial charge < -0.3 is 10.8 Å². The maximum Gasteiger partial charge on any atom is 0.0899 e. The topological polar surface area (TPSA) is 46.2 Å². The Kier molecular flexibility index (Phi) is 2.81. The normalized spacial score (nSPS) is 19.9. The predicted molar refractivity (Wildman–Crippen MR) is 61.5 cm³/mol. The van der Waals surface area contributed by atoms with Crippen LogP contribution in [0.2, 0.25) is 0 Å². The Hall–Kier alpha value is -0.860. The molecule has 82 valence electrons. The molecular weight excluding hydrogens is 186 g/mol. The largest absolute Gasteiger partial charge is 0.385 e. The molecule has 0 saturated heterocycles. The van der Waals surface area contributed by atoms with Crippen LogP contribution in [0.15, 0.2) is 24.3 Å². The van der Waals surface area contributed by atoms with Crippen LogP contribution >= 0.6 is 0 Å². The second kappa shape index (κ2) is 3.95. The van der Waals surface area contributed by atoms with Crippen LogP contribution in [0.25, 0.3) is 0 Å². The van der Waals surface area contributed by atoms with Gasteiger partial charge in [0.15, 0.2) is 0 Å². The minimum atomic E-state index is -0.661. The van der Waals surface area contributed by atoms with Gasteiger partial charge in [-0.1, -0.05) is 24.3 Å². The zero-order chi connectivity index (χ0) is 10.9. The predicted octanol–water partition coefficient (Wildman–Crippen LogP) is 1.81. The molecule has 1 fully saturated rings. The maximum atomic E-state index is 10.5. The fraction of sp³-hybridized carbons (Fsp3) is 0.538. The standard InChI is InChI=1S/C13H19NO/c1-13(15,11-6-7-11)12-5-3-2-4-10(12)8-9-14/h2-5,11,15H,6-9,14H2,1H3. The highest BCUT2D eigenvalue weighted by Gasteiger charge is 2.41. The van der Waals surface area contributed by atoms with E-state index < -0.39 is 5.60 Å². The quantitative estimate of drug-likeness (QED) is 0.787. The van der Waals surface area contributed by atoms with E-state index in [1.165, 1.54) is 5.56 Å². The van der Waals surface area contributed by atoms with Crippen molar-refractivity contribution in [3.63, 3.8) is 0 Å². The van der Waals surface area contributed by atoms with Gasteiger partial charge in [0.2, 0.25) is 0 Å². The molecular formula is C13H19NO. The number of hydrogen-bond acceptors (Lipinski definition) is 2. The van der Waals surface area contributed by atoms with E-state index in [-0.39, 0.29) is 0 Å². The van der Waals surface area contributed by atoms with Crippen LogP contribution in [0.1, 0.15) is 30.9 Å². The van der Waals surface area contributed by atoms with Crippen LogP contribution in [0.3, 0.4) is 0 Å².